The second kappa shape index (κ2) is 8.60. The van der Waals surface area contributed by atoms with Crippen molar-refractivity contribution in [2.45, 2.75) is 13.1 Å². The van der Waals surface area contributed by atoms with Gasteiger partial charge in [-0.15, -0.1) is 0 Å². The molecule has 1 aliphatic heterocycles. The zero-order valence-corrected chi connectivity index (χ0v) is 16.2. The summed E-state index contributed by atoms with van der Waals surface area (Å²) in [5.41, 5.74) is 0.166. The molecule has 30 heavy (non-hydrogen) atoms. The lowest BCUT2D eigenvalue weighted by Gasteiger charge is -2.36. The summed E-state index contributed by atoms with van der Waals surface area (Å²) < 4.78 is 44.1. The molecule has 160 valence electrons. The Hall–Kier alpha value is -3.30. The number of hydrogen-bond donors (Lipinski definition) is 0. The van der Waals surface area contributed by atoms with Gasteiger partial charge in [0.25, 0.3) is 11.6 Å². The number of rotatable bonds is 5. The van der Waals surface area contributed by atoms with Crippen molar-refractivity contribution in [2.75, 3.05) is 37.7 Å². The first-order valence-electron chi connectivity index (χ1n) is 9.23. The number of nitrogens with zero attached hydrogens (tertiary/aromatic N) is 3. The predicted molar refractivity (Wildman–Crippen MR) is 104 cm³/mol. The van der Waals surface area contributed by atoms with Crippen LogP contribution in [0.4, 0.5) is 24.5 Å². The number of aryl methyl sites for hydroxylation is 1. The number of benzene rings is 2. The molecule has 1 amide bonds. The lowest BCUT2D eigenvalue weighted by molar-refractivity contribution is -0.385. The van der Waals surface area contributed by atoms with Gasteiger partial charge in [-0.2, -0.15) is 13.2 Å². The highest BCUT2D eigenvalue weighted by Gasteiger charge is 2.31. The van der Waals surface area contributed by atoms with Gasteiger partial charge in [-0.05, 0) is 37.3 Å². The van der Waals surface area contributed by atoms with Gasteiger partial charge >= 0.3 is 6.18 Å². The van der Waals surface area contributed by atoms with Gasteiger partial charge in [-0.25, -0.2) is 0 Å². The van der Waals surface area contributed by atoms with Crippen molar-refractivity contribution in [3.05, 3.63) is 63.7 Å². The fraction of sp³-hybridized carbons (Fsp3) is 0.350. The molecule has 0 N–H and O–H groups in total. The normalized spacial score (nSPS) is 14.5. The summed E-state index contributed by atoms with van der Waals surface area (Å²) in [6.45, 7) is 2.89. The highest BCUT2D eigenvalue weighted by Crippen LogP contribution is 2.32. The second-order valence-corrected chi connectivity index (χ2v) is 6.91. The topological polar surface area (TPSA) is 75.9 Å². The maximum atomic E-state index is 12.9. The number of hydrogen-bond acceptors (Lipinski definition) is 5. The van der Waals surface area contributed by atoms with Crippen LogP contribution in [0.5, 0.6) is 5.75 Å². The molecule has 0 aromatic heterocycles. The van der Waals surface area contributed by atoms with Crippen LogP contribution < -0.4 is 9.64 Å². The van der Waals surface area contributed by atoms with Crippen molar-refractivity contribution < 1.29 is 27.6 Å². The molecule has 0 atom stereocenters. The van der Waals surface area contributed by atoms with E-state index in [4.69, 9.17) is 4.74 Å². The maximum absolute atomic E-state index is 12.9. The Labute approximate surface area is 170 Å². The molecule has 0 radical (unpaired) electrons. The standard InChI is InChI=1S/C20H20F3N3O4/c1-14-11-17(5-6-18(14)26(28)29)30-13-19(27)25-9-7-24(8-10-25)16-4-2-3-15(12-16)20(21,22)23/h2-6,11-12H,7-10,13H2,1H3. The number of halogens is 3. The molecule has 0 spiro atoms. The van der Waals surface area contributed by atoms with E-state index in [0.717, 1.165) is 12.1 Å². The van der Waals surface area contributed by atoms with E-state index < -0.39 is 16.7 Å². The number of carbonyl (C=O) groups excluding carboxylic acids is 1. The van der Waals surface area contributed by atoms with E-state index in [2.05, 4.69) is 0 Å². The van der Waals surface area contributed by atoms with Crippen LogP contribution in [0.2, 0.25) is 0 Å². The molecule has 2 aromatic rings. The molecule has 1 fully saturated rings. The third kappa shape index (κ3) is 5.00. The van der Waals surface area contributed by atoms with Crippen LogP contribution in [0.15, 0.2) is 42.5 Å². The first kappa shape index (κ1) is 21.4. The fourth-order valence-corrected chi connectivity index (χ4v) is 3.25. The Morgan fingerprint density at radius 1 is 1.13 bits per heavy atom. The van der Waals surface area contributed by atoms with E-state index in [-0.39, 0.29) is 18.2 Å². The molecule has 1 aliphatic rings. The Morgan fingerprint density at radius 3 is 2.43 bits per heavy atom. The number of carbonyl (C=O) groups is 1. The van der Waals surface area contributed by atoms with E-state index in [1.54, 1.807) is 22.8 Å². The summed E-state index contributed by atoms with van der Waals surface area (Å²) >= 11 is 0. The van der Waals surface area contributed by atoms with Crippen molar-refractivity contribution in [1.82, 2.24) is 4.90 Å². The van der Waals surface area contributed by atoms with Crippen molar-refractivity contribution in [2.24, 2.45) is 0 Å². The molecular weight excluding hydrogens is 403 g/mol. The zero-order chi connectivity index (χ0) is 21.9. The predicted octanol–water partition coefficient (Wildman–Crippen LogP) is 3.65. The largest absolute Gasteiger partial charge is 0.484 e. The lowest BCUT2D eigenvalue weighted by atomic mass is 10.1. The number of anilines is 1. The Balaban J connectivity index is 1.53. The summed E-state index contributed by atoms with van der Waals surface area (Å²) in [5, 5.41) is 10.8. The third-order valence-corrected chi connectivity index (χ3v) is 4.90. The summed E-state index contributed by atoms with van der Waals surface area (Å²) in [7, 11) is 0. The molecule has 0 saturated carbocycles. The summed E-state index contributed by atoms with van der Waals surface area (Å²) in [6, 6.07) is 9.38. The molecule has 1 heterocycles. The summed E-state index contributed by atoms with van der Waals surface area (Å²) in [4.78, 5) is 26.1. The number of alkyl halides is 3. The van der Waals surface area contributed by atoms with E-state index in [9.17, 15) is 28.1 Å². The average molecular weight is 423 g/mol. The molecule has 0 aliphatic carbocycles. The molecule has 10 heteroatoms. The maximum Gasteiger partial charge on any atom is 0.416 e. The van der Waals surface area contributed by atoms with Gasteiger partial charge in [0.2, 0.25) is 0 Å². The van der Waals surface area contributed by atoms with E-state index in [1.807, 2.05) is 0 Å². The van der Waals surface area contributed by atoms with Gasteiger partial charge < -0.3 is 14.5 Å². The van der Waals surface area contributed by atoms with Crippen LogP contribution in [-0.4, -0.2) is 48.5 Å². The van der Waals surface area contributed by atoms with Crippen molar-refractivity contribution in [3.8, 4) is 5.75 Å². The number of nitro groups is 1. The minimum atomic E-state index is -4.40. The Bertz CT molecular complexity index is 941. The molecule has 0 unspecified atom stereocenters. The van der Waals surface area contributed by atoms with Gasteiger partial charge in [0.15, 0.2) is 6.61 Å². The Kier molecular flexibility index (Phi) is 6.14. The number of ether oxygens (including phenoxy) is 1. The van der Waals surface area contributed by atoms with Crippen LogP contribution in [0.1, 0.15) is 11.1 Å². The fourth-order valence-electron chi connectivity index (χ4n) is 3.25. The SMILES string of the molecule is Cc1cc(OCC(=O)N2CCN(c3cccc(C(F)(F)F)c3)CC2)ccc1[N+](=O)[O-]. The van der Waals surface area contributed by atoms with Gasteiger partial charge in [-0.1, -0.05) is 6.07 Å². The zero-order valence-electron chi connectivity index (χ0n) is 16.2. The minimum Gasteiger partial charge on any atom is -0.484 e. The average Bonchev–Trinajstić information content (AvgIpc) is 2.71. The minimum absolute atomic E-state index is 0.0283. The van der Waals surface area contributed by atoms with E-state index >= 15 is 0 Å². The van der Waals surface area contributed by atoms with Crippen LogP contribution >= 0.6 is 0 Å². The van der Waals surface area contributed by atoms with Crippen LogP contribution in [0.3, 0.4) is 0 Å². The highest BCUT2D eigenvalue weighted by molar-refractivity contribution is 5.78. The first-order chi connectivity index (χ1) is 14.1. The monoisotopic (exact) mass is 423 g/mol. The molecule has 7 nitrogen and oxygen atoms in total. The van der Waals surface area contributed by atoms with Crippen LogP contribution in [0.25, 0.3) is 0 Å². The van der Waals surface area contributed by atoms with Gasteiger partial charge in [0.05, 0.1) is 10.5 Å². The van der Waals surface area contributed by atoms with Crippen molar-refractivity contribution in [1.29, 1.82) is 0 Å². The molecule has 1 saturated heterocycles. The molecule has 2 aromatic carbocycles. The van der Waals surface area contributed by atoms with Gasteiger partial charge in [-0.3, -0.25) is 14.9 Å². The van der Waals surface area contributed by atoms with E-state index in [1.165, 1.54) is 24.3 Å². The molecule has 3 rings (SSSR count). The number of nitro benzene ring substituents is 1. The summed E-state index contributed by atoms with van der Waals surface area (Å²) in [6.07, 6.45) is -4.40. The lowest BCUT2D eigenvalue weighted by Crippen LogP contribution is -2.50. The third-order valence-electron chi connectivity index (χ3n) is 4.90. The highest BCUT2D eigenvalue weighted by atomic mass is 19.4. The van der Waals surface area contributed by atoms with Crippen molar-refractivity contribution in [3.63, 3.8) is 0 Å². The van der Waals surface area contributed by atoms with Crippen LogP contribution in [0, 0.1) is 17.0 Å². The number of piperazine rings is 1. The van der Waals surface area contributed by atoms with Gasteiger partial charge in [0.1, 0.15) is 5.75 Å². The molecular formula is C20H20F3N3O4. The first-order valence-corrected chi connectivity index (χ1v) is 9.23. The number of amides is 1. The van der Waals surface area contributed by atoms with E-state index in [0.29, 0.717) is 43.2 Å². The van der Waals surface area contributed by atoms with Crippen LogP contribution in [-0.2, 0) is 11.0 Å². The van der Waals surface area contributed by atoms with Crippen molar-refractivity contribution >= 4 is 17.3 Å². The quantitative estimate of drug-likeness (QED) is 0.542. The molecule has 0 bridgehead atoms. The summed E-state index contributed by atoms with van der Waals surface area (Å²) in [5.74, 6) is 0.101. The smallest absolute Gasteiger partial charge is 0.416 e. The second-order valence-electron chi connectivity index (χ2n) is 6.91. The van der Waals surface area contributed by atoms with Gasteiger partial charge in [0, 0.05) is 43.5 Å². The Morgan fingerprint density at radius 2 is 1.83 bits per heavy atom.